The van der Waals surface area contributed by atoms with Crippen LogP contribution in [0.4, 0.5) is 0 Å². The quantitative estimate of drug-likeness (QED) is 0.700. The molecule has 0 unspecified atom stereocenters. The van der Waals surface area contributed by atoms with Gasteiger partial charge < -0.3 is 4.98 Å². The number of hydrogen-bond acceptors (Lipinski definition) is 7. The molecule has 0 saturated heterocycles. The number of tetrazole rings is 1. The Bertz CT molecular complexity index is 969. The van der Waals surface area contributed by atoms with E-state index in [1.165, 1.54) is 12.8 Å². The van der Waals surface area contributed by atoms with E-state index in [1.54, 1.807) is 23.1 Å². The van der Waals surface area contributed by atoms with Gasteiger partial charge in [0.15, 0.2) is 0 Å². The van der Waals surface area contributed by atoms with Crippen LogP contribution in [0.15, 0.2) is 9.95 Å². The average Bonchev–Trinajstić information content (AvgIpc) is 3.29. The molecule has 1 saturated carbocycles. The number of H-pyrrole nitrogens is 1. The molecule has 3 heterocycles. The fourth-order valence-corrected chi connectivity index (χ4v) is 5.27. The fourth-order valence-electron chi connectivity index (χ4n) is 3.32. The van der Waals surface area contributed by atoms with Gasteiger partial charge in [-0.2, -0.15) is 0 Å². The molecular formula is C16H20N6OS2. The summed E-state index contributed by atoms with van der Waals surface area (Å²) < 4.78 is 1.93. The van der Waals surface area contributed by atoms with Crippen LogP contribution in [0, 0.1) is 13.8 Å². The second kappa shape index (κ2) is 6.53. The SMILES string of the molecule is Cc1sc2nc([C@H](C)Sc3nnnn3C3CCCC3)[nH]c(=O)c2c1C. The van der Waals surface area contributed by atoms with Crippen molar-refractivity contribution < 1.29 is 0 Å². The Morgan fingerprint density at radius 3 is 2.84 bits per heavy atom. The van der Waals surface area contributed by atoms with Crippen LogP contribution in [0.5, 0.6) is 0 Å². The molecule has 1 aliphatic rings. The summed E-state index contributed by atoms with van der Waals surface area (Å²) >= 11 is 3.11. The summed E-state index contributed by atoms with van der Waals surface area (Å²) in [7, 11) is 0. The van der Waals surface area contributed by atoms with Crippen molar-refractivity contribution in [3.05, 3.63) is 26.6 Å². The molecule has 9 heteroatoms. The lowest BCUT2D eigenvalue weighted by Crippen LogP contribution is -2.13. The van der Waals surface area contributed by atoms with Gasteiger partial charge in [-0.15, -0.1) is 16.4 Å². The highest BCUT2D eigenvalue weighted by molar-refractivity contribution is 7.99. The normalized spacial score (nSPS) is 16.8. The van der Waals surface area contributed by atoms with Gasteiger partial charge in [0.1, 0.15) is 10.7 Å². The van der Waals surface area contributed by atoms with Crippen molar-refractivity contribution >= 4 is 33.3 Å². The zero-order chi connectivity index (χ0) is 17.6. The first kappa shape index (κ1) is 16.7. The summed E-state index contributed by atoms with van der Waals surface area (Å²) in [5.74, 6) is 0.671. The Labute approximate surface area is 153 Å². The molecule has 0 radical (unpaired) electrons. The van der Waals surface area contributed by atoms with E-state index in [-0.39, 0.29) is 10.8 Å². The molecule has 1 atom stereocenters. The zero-order valence-electron chi connectivity index (χ0n) is 14.4. The zero-order valence-corrected chi connectivity index (χ0v) is 16.1. The number of nitrogens with zero attached hydrogens (tertiary/aromatic N) is 5. The van der Waals surface area contributed by atoms with Gasteiger partial charge in [-0.25, -0.2) is 9.67 Å². The molecule has 0 bridgehead atoms. The van der Waals surface area contributed by atoms with Crippen LogP contribution in [-0.4, -0.2) is 30.2 Å². The molecule has 132 valence electrons. The smallest absolute Gasteiger partial charge is 0.259 e. The molecule has 1 aliphatic carbocycles. The number of rotatable bonds is 4. The van der Waals surface area contributed by atoms with Crippen molar-refractivity contribution in [2.45, 2.75) is 62.9 Å². The standard InChI is InChI=1S/C16H20N6OS2/c1-8-9(2)24-15-12(8)14(23)17-13(18-15)10(3)25-16-19-20-21-22(16)11-6-4-5-7-11/h10-11H,4-7H2,1-3H3,(H,17,18,23)/t10-/m0/s1. The minimum atomic E-state index is -0.0651. The minimum absolute atomic E-state index is 0.0361. The third-order valence-corrected chi connectivity index (χ3v) is 7.02. The predicted molar refractivity (Wildman–Crippen MR) is 99.3 cm³/mol. The lowest BCUT2D eigenvalue weighted by atomic mass is 10.2. The molecule has 0 aliphatic heterocycles. The van der Waals surface area contributed by atoms with Crippen molar-refractivity contribution in [3.63, 3.8) is 0 Å². The molecular weight excluding hydrogens is 356 g/mol. The highest BCUT2D eigenvalue weighted by atomic mass is 32.2. The van der Waals surface area contributed by atoms with Gasteiger partial charge >= 0.3 is 0 Å². The maximum Gasteiger partial charge on any atom is 0.259 e. The number of hydrogen-bond donors (Lipinski definition) is 1. The molecule has 0 amide bonds. The molecule has 3 aromatic rings. The van der Waals surface area contributed by atoms with Crippen LogP contribution in [-0.2, 0) is 0 Å². The van der Waals surface area contributed by atoms with E-state index in [0.717, 1.165) is 33.3 Å². The molecule has 4 rings (SSSR count). The first-order valence-corrected chi connectivity index (χ1v) is 10.2. The second-order valence-electron chi connectivity index (χ2n) is 6.52. The number of aromatic amines is 1. The summed E-state index contributed by atoms with van der Waals surface area (Å²) in [4.78, 5) is 22.0. The van der Waals surface area contributed by atoms with Gasteiger partial charge in [-0.05, 0) is 49.6 Å². The van der Waals surface area contributed by atoms with Crippen LogP contribution >= 0.6 is 23.1 Å². The molecule has 1 fully saturated rings. The Morgan fingerprint density at radius 1 is 1.32 bits per heavy atom. The second-order valence-corrected chi connectivity index (χ2v) is 9.03. The summed E-state index contributed by atoms with van der Waals surface area (Å²) in [6, 6.07) is 0.391. The van der Waals surface area contributed by atoms with Gasteiger partial charge in [0.05, 0.1) is 16.7 Å². The Kier molecular flexibility index (Phi) is 4.36. The van der Waals surface area contributed by atoms with E-state index in [2.05, 4.69) is 25.5 Å². The Morgan fingerprint density at radius 2 is 2.08 bits per heavy atom. The van der Waals surface area contributed by atoms with Crippen LogP contribution in [0.2, 0.25) is 0 Å². The molecule has 0 aromatic carbocycles. The lowest BCUT2D eigenvalue weighted by Gasteiger charge is -2.13. The maximum absolute atomic E-state index is 12.5. The number of thiophene rings is 1. The minimum Gasteiger partial charge on any atom is -0.309 e. The summed E-state index contributed by atoms with van der Waals surface area (Å²) in [6.07, 6.45) is 4.71. The van der Waals surface area contributed by atoms with E-state index >= 15 is 0 Å². The number of nitrogens with one attached hydrogen (secondary N) is 1. The monoisotopic (exact) mass is 376 g/mol. The highest BCUT2D eigenvalue weighted by Crippen LogP contribution is 2.36. The van der Waals surface area contributed by atoms with E-state index in [9.17, 15) is 4.79 Å². The van der Waals surface area contributed by atoms with Crippen LogP contribution in [0.3, 0.4) is 0 Å². The van der Waals surface area contributed by atoms with E-state index in [4.69, 9.17) is 0 Å². The number of fused-ring (bicyclic) bond motifs is 1. The van der Waals surface area contributed by atoms with E-state index in [0.29, 0.717) is 17.3 Å². The van der Waals surface area contributed by atoms with Crippen molar-refractivity contribution in [1.82, 2.24) is 30.2 Å². The predicted octanol–water partition coefficient (Wildman–Crippen LogP) is 3.56. The first-order chi connectivity index (χ1) is 12.0. The fraction of sp³-hybridized carbons (Fsp3) is 0.562. The number of aryl methyl sites for hydroxylation is 2. The summed E-state index contributed by atoms with van der Waals surface area (Å²) in [5, 5.41) is 13.7. The highest BCUT2D eigenvalue weighted by Gasteiger charge is 2.24. The van der Waals surface area contributed by atoms with Gasteiger partial charge in [0.2, 0.25) is 5.16 Å². The Balaban J connectivity index is 1.64. The van der Waals surface area contributed by atoms with Gasteiger partial charge in [0, 0.05) is 4.88 Å². The van der Waals surface area contributed by atoms with Crippen LogP contribution < -0.4 is 5.56 Å². The van der Waals surface area contributed by atoms with Crippen LogP contribution in [0.1, 0.15) is 60.2 Å². The molecule has 7 nitrogen and oxygen atoms in total. The summed E-state index contributed by atoms with van der Waals surface area (Å²) in [5.41, 5.74) is 0.954. The van der Waals surface area contributed by atoms with E-state index in [1.807, 2.05) is 25.5 Å². The van der Waals surface area contributed by atoms with Crippen LogP contribution in [0.25, 0.3) is 10.2 Å². The van der Waals surface area contributed by atoms with Crippen molar-refractivity contribution in [1.29, 1.82) is 0 Å². The first-order valence-electron chi connectivity index (χ1n) is 8.49. The lowest BCUT2D eigenvalue weighted by molar-refractivity contribution is 0.422. The third kappa shape index (κ3) is 2.99. The molecule has 25 heavy (non-hydrogen) atoms. The van der Waals surface area contributed by atoms with Gasteiger partial charge in [-0.3, -0.25) is 4.79 Å². The summed E-state index contributed by atoms with van der Waals surface area (Å²) in [6.45, 7) is 6.02. The number of thioether (sulfide) groups is 1. The van der Waals surface area contributed by atoms with Crippen molar-refractivity contribution in [2.24, 2.45) is 0 Å². The maximum atomic E-state index is 12.5. The van der Waals surface area contributed by atoms with E-state index < -0.39 is 0 Å². The third-order valence-electron chi connectivity index (χ3n) is 4.86. The topological polar surface area (TPSA) is 89.3 Å². The molecule has 1 N–H and O–H groups in total. The average molecular weight is 377 g/mol. The van der Waals surface area contributed by atoms with Gasteiger partial charge in [-0.1, -0.05) is 24.6 Å². The molecule has 3 aromatic heterocycles. The number of aromatic nitrogens is 6. The van der Waals surface area contributed by atoms with Crippen molar-refractivity contribution in [3.8, 4) is 0 Å². The van der Waals surface area contributed by atoms with Gasteiger partial charge in [0.25, 0.3) is 5.56 Å². The Hall–Kier alpha value is -1.74. The largest absolute Gasteiger partial charge is 0.309 e. The van der Waals surface area contributed by atoms with Crippen molar-refractivity contribution in [2.75, 3.05) is 0 Å². The molecule has 0 spiro atoms.